The molecule has 8 rings (SSSR count). The quantitative estimate of drug-likeness (QED) is 0.227. The number of nitrogens with zero attached hydrogens (tertiary/aromatic N) is 1. The normalized spacial score (nSPS) is 48.2. The van der Waals surface area contributed by atoms with Gasteiger partial charge in [-0.1, -0.05) is 55.4 Å². The van der Waals surface area contributed by atoms with Crippen molar-refractivity contribution in [1.82, 2.24) is 10.2 Å². The minimum Gasteiger partial charge on any atom is -0.481 e. The molecule has 0 aromatic carbocycles. The molecule has 1 aliphatic heterocycles. The van der Waals surface area contributed by atoms with Gasteiger partial charge in [0, 0.05) is 30.6 Å². The molecule has 0 amide bonds. The number of ether oxygens (including phenoxy) is 1. The molecule has 10 heteroatoms. The Bertz CT molecular complexity index is 1650. The lowest BCUT2D eigenvalue weighted by atomic mass is 9.32. The predicted molar refractivity (Wildman–Crippen MR) is 213 cm³/mol. The number of hydrogen-bond donors (Lipinski definition) is 2. The summed E-state index contributed by atoms with van der Waals surface area (Å²) in [6, 6.07) is -0.280. The molecule has 7 aliphatic carbocycles. The summed E-state index contributed by atoms with van der Waals surface area (Å²) in [6.07, 6.45) is 14.4. The highest BCUT2D eigenvalue weighted by Gasteiger charge is 2.72. The molecule has 7 saturated carbocycles. The topological polar surface area (TPSA) is 113 Å². The van der Waals surface area contributed by atoms with Crippen LogP contribution in [0.25, 0.3) is 0 Å². The number of fused-ring (bicyclic) bond motifs is 7. The van der Waals surface area contributed by atoms with Crippen molar-refractivity contribution in [2.45, 2.75) is 157 Å². The van der Waals surface area contributed by atoms with Gasteiger partial charge in [0.15, 0.2) is 9.84 Å². The molecule has 0 radical (unpaired) electrons. The SMILES string of the molecule is CC1([C@@H]2CC[C@]3(NCC(CF)N4CCS(=O)(=O)CC4)CC[C@]4(C)[C@H](CC[C@@H]5[C@@]6(C)CC[C@H](OC(=O)[C@H]7C[C@@H](C(=O)O)C7(C)C)C(C)(C)[C@@H]6CC[C@]54C)[C@@H]23)CC1. The highest BCUT2D eigenvalue weighted by molar-refractivity contribution is 7.91. The van der Waals surface area contributed by atoms with E-state index in [1.807, 2.05) is 13.8 Å². The molecule has 2 N–H and O–H groups in total. The maximum absolute atomic E-state index is 14.7. The first-order chi connectivity index (χ1) is 25.6. The number of aliphatic carboxylic acids is 1. The van der Waals surface area contributed by atoms with Crippen LogP contribution in [0.5, 0.6) is 0 Å². The van der Waals surface area contributed by atoms with Gasteiger partial charge < -0.3 is 15.2 Å². The number of alkyl halides is 1. The van der Waals surface area contributed by atoms with Gasteiger partial charge in [0.2, 0.25) is 0 Å². The third-order valence-electron chi connectivity index (χ3n) is 20.2. The van der Waals surface area contributed by atoms with Crippen molar-refractivity contribution in [3.63, 3.8) is 0 Å². The molecule has 312 valence electrons. The summed E-state index contributed by atoms with van der Waals surface area (Å²) < 4.78 is 45.5. The Morgan fingerprint density at radius 2 is 1.47 bits per heavy atom. The van der Waals surface area contributed by atoms with Crippen LogP contribution >= 0.6 is 0 Å². The van der Waals surface area contributed by atoms with Crippen molar-refractivity contribution < 1.29 is 32.2 Å². The Balaban J connectivity index is 1.02. The number of sulfone groups is 1. The van der Waals surface area contributed by atoms with Crippen LogP contribution < -0.4 is 5.32 Å². The fraction of sp³-hybridized carbons (Fsp3) is 0.956. The number of carbonyl (C=O) groups excluding carboxylic acids is 1. The lowest BCUT2D eigenvalue weighted by molar-refractivity contribution is -0.249. The van der Waals surface area contributed by atoms with E-state index in [1.54, 1.807) is 0 Å². The summed E-state index contributed by atoms with van der Waals surface area (Å²) in [5.41, 5.74) is 0.230. The van der Waals surface area contributed by atoms with E-state index >= 15 is 0 Å². The van der Waals surface area contributed by atoms with E-state index in [0.29, 0.717) is 61.1 Å². The van der Waals surface area contributed by atoms with Gasteiger partial charge in [0.25, 0.3) is 0 Å². The monoisotopic (exact) mass is 789 g/mol. The molecule has 0 aromatic rings. The molecule has 55 heavy (non-hydrogen) atoms. The lowest BCUT2D eigenvalue weighted by Crippen LogP contribution is -2.69. The minimum atomic E-state index is -3.02. The Morgan fingerprint density at radius 1 is 0.782 bits per heavy atom. The highest BCUT2D eigenvalue weighted by Crippen LogP contribution is 2.78. The maximum Gasteiger partial charge on any atom is 0.309 e. The van der Waals surface area contributed by atoms with Gasteiger partial charge in [-0.15, -0.1) is 0 Å². The van der Waals surface area contributed by atoms with Gasteiger partial charge in [0.1, 0.15) is 12.8 Å². The van der Waals surface area contributed by atoms with Crippen LogP contribution in [0.4, 0.5) is 4.39 Å². The van der Waals surface area contributed by atoms with Crippen molar-refractivity contribution in [2.75, 3.05) is 37.8 Å². The second kappa shape index (κ2) is 13.1. The Labute approximate surface area is 331 Å². The Hall–Kier alpha value is -1.26. The van der Waals surface area contributed by atoms with Crippen molar-refractivity contribution in [2.24, 2.45) is 73.9 Å². The second-order valence-electron chi connectivity index (χ2n) is 22.8. The number of carboxylic acid groups (broad SMARTS) is 1. The number of halogens is 1. The van der Waals surface area contributed by atoms with Gasteiger partial charge in [-0.25, -0.2) is 12.8 Å². The summed E-state index contributed by atoms with van der Waals surface area (Å²) in [5.74, 6) is 1.32. The standard InChI is InChI=1S/C45H73FN2O6S/c1-39(2)31(37(49)50)25-32(39)38(51)54-35-13-14-42(6)33(40(35,3)4)12-15-44(8)34(42)10-9-30-36-29(41(5)17-18-41)11-16-45(36,20-19-43(30,44)7)47-27-28(26-46)48-21-23-55(52,53)24-22-48/h28-36,47H,9-27H2,1-8H3,(H,49,50)/t28?,29-,30-,31+,32-,33+,34-,35+,36-,42+,43-,44-,45+/m1/s1. The van der Waals surface area contributed by atoms with E-state index in [4.69, 9.17) is 4.74 Å². The number of carboxylic acids is 1. The van der Waals surface area contributed by atoms with E-state index in [0.717, 1.165) is 25.7 Å². The second-order valence-corrected chi connectivity index (χ2v) is 25.1. The fourth-order valence-corrected chi connectivity index (χ4v) is 17.3. The fourth-order valence-electron chi connectivity index (χ4n) is 16.1. The molecule has 8 fully saturated rings. The van der Waals surface area contributed by atoms with Gasteiger partial charge in [0.05, 0.1) is 29.4 Å². The Morgan fingerprint density at radius 3 is 2.09 bits per heavy atom. The van der Waals surface area contributed by atoms with E-state index < -0.39 is 33.8 Å². The van der Waals surface area contributed by atoms with E-state index in [2.05, 4.69) is 51.8 Å². The van der Waals surface area contributed by atoms with Crippen LogP contribution in [0.3, 0.4) is 0 Å². The largest absolute Gasteiger partial charge is 0.481 e. The minimum absolute atomic E-state index is 0.0173. The van der Waals surface area contributed by atoms with Gasteiger partial charge in [-0.2, -0.15) is 0 Å². The summed E-state index contributed by atoms with van der Waals surface area (Å²) >= 11 is 0. The zero-order valence-electron chi connectivity index (χ0n) is 35.4. The average Bonchev–Trinajstić information content (AvgIpc) is 3.72. The number of hydrogen-bond acceptors (Lipinski definition) is 7. The summed E-state index contributed by atoms with van der Waals surface area (Å²) in [7, 11) is -3.02. The van der Waals surface area contributed by atoms with E-state index in [9.17, 15) is 27.5 Å². The van der Waals surface area contributed by atoms with Crippen LogP contribution in [0.15, 0.2) is 0 Å². The molecular formula is C45H73FN2O6S. The van der Waals surface area contributed by atoms with E-state index in [-0.39, 0.29) is 62.7 Å². The predicted octanol–water partition coefficient (Wildman–Crippen LogP) is 7.94. The van der Waals surface area contributed by atoms with E-state index in [1.165, 1.54) is 51.4 Å². The van der Waals surface area contributed by atoms with Crippen LogP contribution in [-0.4, -0.2) is 85.9 Å². The smallest absolute Gasteiger partial charge is 0.309 e. The molecule has 13 atom stereocenters. The van der Waals surface area contributed by atoms with Crippen LogP contribution in [0, 0.1) is 73.9 Å². The number of rotatable bonds is 9. The summed E-state index contributed by atoms with van der Waals surface area (Å²) in [6.45, 7) is 20.0. The molecule has 8 nitrogen and oxygen atoms in total. The first kappa shape index (κ1) is 40.5. The van der Waals surface area contributed by atoms with Gasteiger partial charge in [-0.3, -0.25) is 14.5 Å². The third kappa shape index (κ3) is 5.98. The average molecular weight is 789 g/mol. The highest BCUT2D eigenvalue weighted by atomic mass is 32.2. The van der Waals surface area contributed by atoms with Gasteiger partial charge >= 0.3 is 11.9 Å². The lowest BCUT2D eigenvalue weighted by Gasteiger charge is -2.73. The third-order valence-corrected chi connectivity index (χ3v) is 21.8. The maximum atomic E-state index is 14.7. The van der Waals surface area contributed by atoms with Gasteiger partial charge in [-0.05, 0) is 140 Å². The Kier molecular flexibility index (Phi) is 9.66. The molecule has 1 unspecified atom stereocenters. The van der Waals surface area contributed by atoms with Crippen molar-refractivity contribution >= 4 is 21.8 Å². The zero-order valence-corrected chi connectivity index (χ0v) is 36.2. The molecule has 1 saturated heterocycles. The summed E-state index contributed by atoms with van der Waals surface area (Å²) in [4.78, 5) is 27.5. The van der Waals surface area contributed by atoms with Crippen molar-refractivity contribution in [3.05, 3.63) is 0 Å². The molecule has 1 heterocycles. The number of nitrogens with one attached hydrogen (secondary N) is 1. The zero-order chi connectivity index (χ0) is 39.8. The molecule has 0 bridgehead atoms. The van der Waals surface area contributed by atoms with Crippen LogP contribution in [0.1, 0.15) is 139 Å². The first-order valence-electron chi connectivity index (χ1n) is 22.3. The summed E-state index contributed by atoms with van der Waals surface area (Å²) in [5, 5.41) is 13.8. The molecule has 8 aliphatic rings. The molecular weight excluding hydrogens is 716 g/mol. The van der Waals surface area contributed by atoms with Crippen LogP contribution in [-0.2, 0) is 24.2 Å². The molecule has 0 aromatic heterocycles. The first-order valence-corrected chi connectivity index (χ1v) is 24.1. The van der Waals surface area contributed by atoms with Crippen LogP contribution in [0.2, 0.25) is 0 Å². The number of esters is 1. The number of carbonyl (C=O) groups is 2. The molecule has 0 spiro atoms. The van der Waals surface area contributed by atoms with Crippen molar-refractivity contribution in [1.29, 1.82) is 0 Å². The van der Waals surface area contributed by atoms with Crippen molar-refractivity contribution in [3.8, 4) is 0 Å².